The van der Waals surface area contributed by atoms with Crippen LogP contribution in [0.25, 0.3) is 16.9 Å². The highest BCUT2D eigenvalue weighted by atomic mass is 16.1. The maximum absolute atomic E-state index is 13.1. The van der Waals surface area contributed by atoms with Crippen molar-refractivity contribution in [2.24, 2.45) is 0 Å². The fourth-order valence-electron chi connectivity index (χ4n) is 3.01. The molecule has 3 aromatic rings. The van der Waals surface area contributed by atoms with Gasteiger partial charge in [-0.05, 0) is 42.5 Å². The standard InChI is InChI=1S/C21H24N2O/c1-14-9-11-16(12-10-14)19-18(21(3,4)5)20(24)23(22-19)17-8-6-7-15(2)13-17/h6-13,22H,1-5H3. The van der Waals surface area contributed by atoms with E-state index in [1.807, 2.05) is 31.2 Å². The van der Waals surface area contributed by atoms with Crippen molar-refractivity contribution in [2.75, 3.05) is 0 Å². The highest BCUT2D eigenvalue weighted by Gasteiger charge is 2.26. The van der Waals surface area contributed by atoms with Crippen LogP contribution in [0.5, 0.6) is 0 Å². The number of benzene rings is 2. The van der Waals surface area contributed by atoms with Crippen molar-refractivity contribution in [1.29, 1.82) is 0 Å². The fraction of sp³-hybridized carbons (Fsp3) is 0.286. The Morgan fingerprint density at radius 3 is 2.17 bits per heavy atom. The zero-order valence-electron chi connectivity index (χ0n) is 15.0. The summed E-state index contributed by atoms with van der Waals surface area (Å²) in [5.41, 5.74) is 5.71. The Hall–Kier alpha value is -2.55. The molecule has 0 atom stereocenters. The summed E-state index contributed by atoms with van der Waals surface area (Å²) in [7, 11) is 0. The number of hydrogen-bond donors (Lipinski definition) is 1. The number of H-pyrrole nitrogens is 1. The van der Waals surface area contributed by atoms with E-state index >= 15 is 0 Å². The Kier molecular flexibility index (Phi) is 3.96. The van der Waals surface area contributed by atoms with E-state index in [9.17, 15) is 4.79 Å². The predicted molar refractivity (Wildman–Crippen MR) is 100.0 cm³/mol. The average molecular weight is 320 g/mol. The lowest BCUT2D eigenvalue weighted by Gasteiger charge is -2.17. The quantitative estimate of drug-likeness (QED) is 0.727. The van der Waals surface area contributed by atoms with E-state index in [-0.39, 0.29) is 11.0 Å². The van der Waals surface area contributed by atoms with Gasteiger partial charge < -0.3 is 0 Å². The van der Waals surface area contributed by atoms with Gasteiger partial charge in [-0.25, -0.2) is 4.68 Å². The van der Waals surface area contributed by atoms with Crippen LogP contribution in [-0.2, 0) is 5.41 Å². The molecule has 2 aromatic carbocycles. The van der Waals surface area contributed by atoms with Crippen molar-refractivity contribution in [3.8, 4) is 16.9 Å². The molecule has 3 rings (SSSR count). The van der Waals surface area contributed by atoms with E-state index < -0.39 is 0 Å². The number of nitrogens with one attached hydrogen (secondary N) is 1. The van der Waals surface area contributed by atoms with Crippen LogP contribution < -0.4 is 5.56 Å². The molecule has 1 N–H and O–H groups in total. The molecule has 1 heterocycles. The van der Waals surface area contributed by atoms with Gasteiger partial charge in [0.1, 0.15) is 0 Å². The van der Waals surface area contributed by atoms with E-state index in [0.29, 0.717) is 0 Å². The summed E-state index contributed by atoms with van der Waals surface area (Å²) in [6.07, 6.45) is 0. The minimum Gasteiger partial charge on any atom is -0.290 e. The molecule has 0 amide bonds. The smallest absolute Gasteiger partial charge is 0.275 e. The lowest BCUT2D eigenvalue weighted by molar-refractivity contribution is 0.586. The molecule has 3 nitrogen and oxygen atoms in total. The maximum atomic E-state index is 13.1. The van der Waals surface area contributed by atoms with Crippen molar-refractivity contribution >= 4 is 0 Å². The molecule has 0 spiro atoms. The fourth-order valence-corrected chi connectivity index (χ4v) is 3.01. The molecule has 0 saturated carbocycles. The van der Waals surface area contributed by atoms with Crippen LogP contribution in [0.1, 0.15) is 37.5 Å². The first-order valence-electron chi connectivity index (χ1n) is 8.27. The molecule has 0 aliphatic carbocycles. The second-order valence-corrected chi connectivity index (χ2v) is 7.46. The summed E-state index contributed by atoms with van der Waals surface area (Å²) < 4.78 is 1.66. The summed E-state index contributed by atoms with van der Waals surface area (Å²) in [4.78, 5) is 13.1. The van der Waals surface area contributed by atoms with Gasteiger partial charge >= 0.3 is 0 Å². The van der Waals surface area contributed by atoms with Crippen LogP contribution in [0.15, 0.2) is 53.3 Å². The minimum atomic E-state index is -0.247. The zero-order valence-corrected chi connectivity index (χ0v) is 15.0. The monoisotopic (exact) mass is 320 g/mol. The van der Waals surface area contributed by atoms with Gasteiger partial charge in [0.15, 0.2) is 0 Å². The number of rotatable bonds is 2. The molecule has 0 aliphatic rings. The molecule has 0 saturated heterocycles. The Labute approximate surface area is 143 Å². The Morgan fingerprint density at radius 1 is 0.917 bits per heavy atom. The largest absolute Gasteiger partial charge is 0.290 e. The van der Waals surface area contributed by atoms with Crippen LogP contribution in [0.2, 0.25) is 0 Å². The van der Waals surface area contributed by atoms with Crippen molar-refractivity contribution in [3.63, 3.8) is 0 Å². The zero-order chi connectivity index (χ0) is 17.5. The van der Waals surface area contributed by atoms with Crippen LogP contribution >= 0.6 is 0 Å². The lowest BCUT2D eigenvalue weighted by Crippen LogP contribution is -2.25. The maximum Gasteiger partial charge on any atom is 0.275 e. The third kappa shape index (κ3) is 2.94. The topological polar surface area (TPSA) is 37.8 Å². The highest BCUT2D eigenvalue weighted by molar-refractivity contribution is 5.65. The van der Waals surface area contributed by atoms with Crippen molar-refractivity contribution in [3.05, 3.63) is 75.6 Å². The molecule has 0 radical (unpaired) electrons. The molecule has 24 heavy (non-hydrogen) atoms. The normalized spacial score (nSPS) is 11.7. The highest BCUT2D eigenvalue weighted by Crippen LogP contribution is 2.30. The number of aromatic nitrogens is 2. The summed E-state index contributed by atoms with van der Waals surface area (Å²) in [5, 5.41) is 3.34. The first-order chi connectivity index (χ1) is 11.3. The van der Waals surface area contributed by atoms with E-state index in [0.717, 1.165) is 28.1 Å². The molecular formula is C21H24N2O. The SMILES string of the molecule is Cc1ccc(-c2[nH]n(-c3cccc(C)c3)c(=O)c2C(C)(C)C)cc1. The summed E-state index contributed by atoms with van der Waals surface area (Å²) >= 11 is 0. The van der Waals surface area contributed by atoms with Gasteiger partial charge in [-0.3, -0.25) is 9.89 Å². The molecule has 124 valence electrons. The molecule has 0 bridgehead atoms. The summed E-state index contributed by atoms with van der Waals surface area (Å²) in [5.74, 6) is 0. The summed E-state index contributed by atoms with van der Waals surface area (Å²) in [6.45, 7) is 10.3. The third-order valence-corrected chi connectivity index (χ3v) is 4.24. The van der Waals surface area contributed by atoms with Gasteiger partial charge in [-0.1, -0.05) is 62.7 Å². The van der Waals surface area contributed by atoms with E-state index in [1.54, 1.807) is 4.68 Å². The molecule has 3 heteroatoms. The van der Waals surface area contributed by atoms with Crippen molar-refractivity contribution in [2.45, 2.75) is 40.0 Å². The molecule has 0 unspecified atom stereocenters. The number of hydrogen-bond acceptors (Lipinski definition) is 1. The van der Waals surface area contributed by atoms with Gasteiger partial charge in [0.05, 0.1) is 16.9 Å². The second kappa shape index (κ2) is 5.82. The van der Waals surface area contributed by atoms with Crippen molar-refractivity contribution in [1.82, 2.24) is 9.78 Å². The number of aryl methyl sites for hydroxylation is 2. The van der Waals surface area contributed by atoms with Crippen molar-refractivity contribution < 1.29 is 0 Å². The Balaban J connectivity index is 2.28. The minimum absolute atomic E-state index is 0.0173. The van der Waals surface area contributed by atoms with Crippen LogP contribution in [0, 0.1) is 13.8 Å². The molecular weight excluding hydrogens is 296 g/mol. The lowest BCUT2D eigenvalue weighted by atomic mass is 9.85. The molecule has 0 aliphatic heterocycles. The molecule has 0 fully saturated rings. The van der Waals surface area contributed by atoms with Gasteiger partial charge in [-0.2, -0.15) is 0 Å². The Morgan fingerprint density at radius 2 is 1.58 bits per heavy atom. The van der Waals surface area contributed by atoms with Crippen LogP contribution in [-0.4, -0.2) is 9.78 Å². The Bertz CT molecular complexity index is 922. The van der Waals surface area contributed by atoms with Gasteiger partial charge in [0, 0.05) is 0 Å². The molecule has 1 aromatic heterocycles. The average Bonchev–Trinajstić information content (AvgIpc) is 2.85. The van der Waals surface area contributed by atoms with Crippen LogP contribution in [0.3, 0.4) is 0 Å². The second-order valence-electron chi connectivity index (χ2n) is 7.46. The summed E-state index contributed by atoms with van der Waals surface area (Å²) in [6, 6.07) is 16.3. The van der Waals surface area contributed by atoms with Gasteiger partial charge in [-0.15, -0.1) is 0 Å². The number of aromatic amines is 1. The van der Waals surface area contributed by atoms with E-state index in [1.165, 1.54) is 5.56 Å². The van der Waals surface area contributed by atoms with Gasteiger partial charge in [0.25, 0.3) is 5.56 Å². The predicted octanol–water partition coefficient (Wildman–Crippen LogP) is 4.75. The third-order valence-electron chi connectivity index (χ3n) is 4.24. The first kappa shape index (κ1) is 16.3. The first-order valence-corrected chi connectivity index (χ1v) is 8.27. The van der Waals surface area contributed by atoms with Crippen LogP contribution in [0.4, 0.5) is 0 Å². The van der Waals surface area contributed by atoms with E-state index in [4.69, 9.17) is 0 Å². The number of nitrogens with zero attached hydrogens (tertiary/aromatic N) is 1. The van der Waals surface area contributed by atoms with Gasteiger partial charge in [0.2, 0.25) is 0 Å². The van der Waals surface area contributed by atoms with E-state index in [2.05, 4.69) is 57.1 Å².